The summed E-state index contributed by atoms with van der Waals surface area (Å²) in [7, 11) is 1.91. The van der Waals surface area contributed by atoms with Crippen LogP contribution in [0.4, 0.5) is 5.69 Å². The molecule has 0 aliphatic heterocycles. The van der Waals surface area contributed by atoms with Gasteiger partial charge in [-0.2, -0.15) is 5.26 Å². The summed E-state index contributed by atoms with van der Waals surface area (Å²) in [4.78, 5) is 6.09. The Morgan fingerprint density at radius 3 is 2.80 bits per heavy atom. The average Bonchev–Trinajstić information content (AvgIpc) is 2.26. The van der Waals surface area contributed by atoms with Crippen molar-refractivity contribution < 1.29 is 5.11 Å². The number of hydrogen-bond acceptors (Lipinski definition) is 4. The number of nitrogens with zero attached hydrogens (tertiary/aromatic N) is 3. The molecule has 0 aliphatic carbocycles. The van der Waals surface area contributed by atoms with Crippen LogP contribution in [0.3, 0.4) is 0 Å². The monoisotopic (exact) mass is 205 g/mol. The molecule has 0 radical (unpaired) electrons. The number of anilines is 1. The number of aliphatic hydroxyl groups excluding tert-OH is 1. The zero-order valence-electron chi connectivity index (χ0n) is 9.01. The molecule has 0 saturated carbocycles. The third-order valence-electron chi connectivity index (χ3n) is 2.20. The van der Waals surface area contributed by atoms with Crippen molar-refractivity contribution in [3.63, 3.8) is 0 Å². The van der Waals surface area contributed by atoms with Gasteiger partial charge in [0.05, 0.1) is 36.2 Å². The molecule has 0 bridgehead atoms. The van der Waals surface area contributed by atoms with Gasteiger partial charge in [0.15, 0.2) is 0 Å². The van der Waals surface area contributed by atoms with Crippen LogP contribution in [0.5, 0.6) is 0 Å². The lowest BCUT2D eigenvalue weighted by atomic mass is 10.2. The van der Waals surface area contributed by atoms with E-state index < -0.39 is 6.10 Å². The minimum Gasteiger partial charge on any atom is -0.387 e. The van der Waals surface area contributed by atoms with E-state index in [-0.39, 0.29) is 0 Å². The van der Waals surface area contributed by atoms with E-state index in [9.17, 15) is 5.11 Å². The van der Waals surface area contributed by atoms with Crippen molar-refractivity contribution in [3.05, 3.63) is 24.0 Å². The van der Waals surface area contributed by atoms with E-state index in [1.54, 1.807) is 19.2 Å². The van der Waals surface area contributed by atoms with Crippen molar-refractivity contribution in [2.24, 2.45) is 0 Å². The van der Waals surface area contributed by atoms with Crippen LogP contribution in [0.2, 0.25) is 0 Å². The Morgan fingerprint density at radius 1 is 1.60 bits per heavy atom. The third kappa shape index (κ3) is 3.22. The standard InChI is InChI=1S/C11H15N3O/c1-9(15)11-5-4-10(8-13-11)14(2)7-3-6-12/h4-5,8-9,15H,3,7H2,1-2H3. The normalized spacial score (nSPS) is 11.9. The first-order chi connectivity index (χ1) is 7.15. The van der Waals surface area contributed by atoms with Crippen LogP contribution in [-0.4, -0.2) is 23.7 Å². The van der Waals surface area contributed by atoms with E-state index in [2.05, 4.69) is 11.1 Å². The summed E-state index contributed by atoms with van der Waals surface area (Å²) in [5.41, 5.74) is 1.61. The van der Waals surface area contributed by atoms with Crippen LogP contribution in [0.15, 0.2) is 18.3 Å². The highest BCUT2D eigenvalue weighted by atomic mass is 16.3. The van der Waals surface area contributed by atoms with Crippen LogP contribution in [0.25, 0.3) is 0 Å². The molecule has 0 spiro atoms. The van der Waals surface area contributed by atoms with Crippen molar-refractivity contribution >= 4 is 5.69 Å². The zero-order valence-corrected chi connectivity index (χ0v) is 9.01. The molecule has 0 saturated heterocycles. The summed E-state index contributed by atoms with van der Waals surface area (Å²) in [6, 6.07) is 5.79. The molecule has 4 heteroatoms. The first-order valence-corrected chi connectivity index (χ1v) is 4.87. The van der Waals surface area contributed by atoms with Crippen molar-refractivity contribution in [3.8, 4) is 6.07 Å². The number of hydrogen-bond donors (Lipinski definition) is 1. The summed E-state index contributed by atoms with van der Waals surface area (Å²) in [6.45, 7) is 2.37. The van der Waals surface area contributed by atoms with Gasteiger partial charge in [-0.05, 0) is 19.1 Å². The highest BCUT2D eigenvalue weighted by Gasteiger charge is 2.04. The van der Waals surface area contributed by atoms with Crippen molar-refractivity contribution in [2.45, 2.75) is 19.4 Å². The second-order valence-electron chi connectivity index (χ2n) is 3.45. The van der Waals surface area contributed by atoms with Crippen molar-refractivity contribution in [2.75, 3.05) is 18.5 Å². The van der Waals surface area contributed by atoms with E-state index in [0.29, 0.717) is 18.7 Å². The summed E-state index contributed by atoms with van der Waals surface area (Å²) in [5, 5.41) is 17.7. The summed E-state index contributed by atoms with van der Waals surface area (Å²) < 4.78 is 0. The average molecular weight is 205 g/mol. The third-order valence-corrected chi connectivity index (χ3v) is 2.20. The van der Waals surface area contributed by atoms with Gasteiger partial charge in [-0.3, -0.25) is 4.98 Å². The van der Waals surface area contributed by atoms with Crippen LogP contribution < -0.4 is 4.90 Å². The van der Waals surface area contributed by atoms with Gasteiger partial charge in [0.1, 0.15) is 0 Å². The molecule has 0 aromatic carbocycles. The summed E-state index contributed by atoms with van der Waals surface area (Å²) in [6.07, 6.45) is 1.66. The fourth-order valence-electron chi connectivity index (χ4n) is 1.22. The van der Waals surface area contributed by atoms with E-state index >= 15 is 0 Å². The Kier molecular flexibility index (Phi) is 4.07. The highest BCUT2D eigenvalue weighted by molar-refractivity contribution is 5.43. The minimum atomic E-state index is -0.538. The molecule has 1 unspecified atom stereocenters. The molecule has 0 fully saturated rings. The SMILES string of the molecule is CC(O)c1ccc(N(C)CCC#N)cn1. The molecule has 4 nitrogen and oxygen atoms in total. The van der Waals surface area contributed by atoms with Gasteiger partial charge in [-0.15, -0.1) is 0 Å². The quantitative estimate of drug-likeness (QED) is 0.808. The van der Waals surface area contributed by atoms with Gasteiger partial charge in [-0.1, -0.05) is 0 Å². The number of aromatic nitrogens is 1. The predicted molar refractivity (Wildman–Crippen MR) is 58.4 cm³/mol. The molecule has 1 rings (SSSR count). The predicted octanol–water partition coefficient (Wildman–Crippen LogP) is 1.48. The summed E-state index contributed by atoms with van der Waals surface area (Å²) >= 11 is 0. The van der Waals surface area contributed by atoms with Gasteiger partial charge in [0.25, 0.3) is 0 Å². The maximum Gasteiger partial charge on any atom is 0.0931 e. The van der Waals surface area contributed by atoms with Crippen molar-refractivity contribution in [1.82, 2.24) is 4.98 Å². The Labute approximate surface area is 89.8 Å². The topological polar surface area (TPSA) is 60.1 Å². The lowest BCUT2D eigenvalue weighted by Gasteiger charge is -2.17. The Hall–Kier alpha value is -1.60. The van der Waals surface area contributed by atoms with E-state index in [0.717, 1.165) is 5.69 Å². The van der Waals surface area contributed by atoms with Crippen LogP contribution >= 0.6 is 0 Å². The Bertz CT molecular complexity index is 340. The molecule has 15 heavy (non-hydrogen) atoms. The second-order valence-corrected chi connectivity index (χ2v) is 3.45. The molecule has 0 aliphatic rings. The maximum absolute atomic E-state index is 9.28. The molecule has 1 atom stereocenters. The second kappa shape index (κ2) is 5.32. The molecular weight excluding hydrogens is 190 g/mol. The summed E-state index contributed by atoms with van der Waals surface area (Å²) in [5.74, 6) is 0. The first-order valence-electron chi connectivity index (χ1n) is 4.87. The smallest absolute Gasteiger partial charge is 0.0931 e. The maximum atomic E-state index is 9.28. The van der Waals surface area contributed by atoms with E-state index in [1.165, 1.54) is 0 Å². The largest absolute Gasteiger partial charge is 0.387 e. The van der Waals surface area contributed by atoms with E-state index in [1.807, 2.05) is 18.0 Å². The van der Waals surface area contributed by atoms with Gasteiger partial charge < -0.3 is 10.0 Å². The van der Waals surface area contributed by atoms with E-state index in [4.69, 9.17) is 5.26 Å². The zero-order chi connectivity index (χ0) is 11.3. The van der Waals surface area contributed by atoms with Gasteiger partial charge >= 0.3 is 0 Å². The lowest BCUT2D eigenvalue weighted by Crippen LogP contribution is -2.18. The van der Waals surface area contributed by atoms with Gasteiger partial charge in [0, 0.05) is 13.6 Å². The fraction of sp³-hybridized carbons (Fsp3) is 0.455. The van der Waals surface area contributed by atoms with Crippen LogP contribution in [0, 0.1) is 11.3 Å². The first kappa shape index (κ1) is 11.5. The molecule has 1 aromatic heterocycles. The van der Waals surface area contributed by atoms with Gasteiger partial charge in [0.2, 0.25) is 0 Å². The number of aliphatic hydroxyl groups is 1. The highest BCUT2D eigenvalue weighted by Crippen LogP contribution is 2.15. The van der Waals surface area contributed by atoms with Crippen LogP contribution in [-0.2, 0) is 0 Å². The molecule has 80 valence electrons. The number of rotatable bonds is 4. The lowest BCUT2D eigenvalue weighted by molar-refractivity contribution is 0.194. The number of nitriles is 1. The molecular formula is C11H15N3O. The molecule has 1 N–H and O–H groups in total. The Balaban J connectivity index is 2.67. The van der Waals surface area contributed by atoms with Crippen molar-refractivity contribution in [1.29, 1.82) is 5.26 Å². The van der Waals surface area contributed by atoms with Gasteiger partial charge in [-0.25, -0.2) is 0 Å². The fourth-order valence-corrected chi connectivity index (χ4v) is 1.22. The van der Waals surface area contributed by atoms with Crippen LogP contribution in [0.1, 0.15) is 25.1 Å². The molecule has 1 heterocycles. The minimum absolute atomic E-state index is 0.495. The molecule has 0 amide bonds. The number of pyridine rings is 1. The molecule has 1 aromatic rings. The Morgan fingerprint density at radius 2 is 2.33 bits per heavy atom.